The number of aromatic nitrogens is 2. The van der Waals surface area contributed by atoms with E-state index >= 15 is 0 Å². The van der Waals surface area contributed by atoms with Crippen LogP contribution in [0.4, 0.5) is 26.3 Å². The molecule has 1 aromatic heterocycles. The molecule has 9 heteroatoms. The normalized spacial score (nSPS) is 15.2. The highest BCUT2D eigenvalue weighted by atomic mass is 19.4. The van der Waals surface area contributed by atoms with Crippen LogP contribution in [0.3, 0.4) is 0 Å². The molecule has 1 aromatic rings. The summed E-state index contributed by atoms with van der Waals surface area (Å²) in [6, 6.07) is -1.78. The number of nitrogens with zero attached hydrogens (tertiary/aromatic N) is 2. The van der Waals surface area contributed by atoms with Gasteiger partial charge in [-0.15, -0.1) is 0 Å². The number of nitrogens with two attached hydrogens (primary N) is 1. The smallest absolute Gasteiger partial charge is 0.328 e. The molecule has 0 amide bonds. The first-order valence-electron chi connectivity index (χ1n) is 4.05. The van der Waals surface area contributed by atoms with E-state index in [2.05, 4.69) is 5.10 Å². The standard InChI is InChI=1S/C7H7F6N3/c8-6(9,10)4-1-2-16(15-4)5(3-14)7(11,12)13/h1-2,5H,3,14H2. The first kappa shape index (κ1) is 12.8. The van der Waals surface area contributed by atoms with Gasteiger partial charge in [0.05, 0.1) is 0 Å². The molecule has 1 unspecified atom stereocenters. The highest BCUT2D eigenvalue weighted by Crippen LogP contribution is 2.32. The Labute approximate surface area is 85.8 Å². The molecule has 2 N–H and O–H groups in total. The van der Waals surface area contributed by atoms with Crippen LogP contribution in [0.15, 0.2) is 12.3 Å². The van der Waals surface area contributed by atoms with E-state index in [0.717, 1.165) is 0 Å². The van der Waals surface area contributed by atoms with Crippen LogP contribution in [0.2, 0.25) is 0 Å². The molecule has 0 aliphatic rings. The van der Waals surface area contributed by atoms with Gasteiger partial charge in [-0.25, -0.2) is 0 Å². The lowest BCUT2D eigenvalue weighted by atomic mass is 10.3. The van der Waals surface area contributed by atoms with Crippen molar-refractivity contribution < 1.29 is 26.3 Å². The SMILES string of the molecule is NCC(n1ccc(C(F)(F)F)n1)C(F)(F)F. The van der Waals surface area contributed by atoms with E-state index in [4.69, 9.17) is 5.73 Å². The zero-order valence-corrected chi connectivity index (χ0v) is 7.68. The zero-order chi connectivity index (χ0) is 12.6. The summed E-state index contributed by atoms with van der Waals surface area (Å²) in [6.45, 7) is -0.873. The first-order chi connectivity index (χ1) is 7.16. The molecule has 0 saturated carbocycles. The lowest BCUT2D eigenvalue weighted by molar-refractivity contribution is -0.169. The summed E-state index contributed by atoms with van der Waals surface area (Å²) in [5.74, 6) is 0. The summed E-state index contributed by atoms with van der Waals surface area (Å²) in [5.41, 5.74) is 3.47. The molecular weight excluding hydrogens is 240 g/mol. The molecule has 0 radical (unpaired) electrons. The molecule has 3 nitrogen and oxygen atoms in total. The summed E-state index contributed by atoms with van der Waals surface area (Å²) in [5, 5.41) is 2.81. The van der Waals surface area contributed by atoms with E-state index in [1.54, 1.807) is 0 Å². The molecular formula is C7H7F6N3. The van der Waals surface area contributed by atoms with Crippen molar-refractivity contribution in [3.05, 3.63) is 18.0 Å². The number of rotatable bonds is 2. The Morgan fingerprint density at radius 3 is 2.12 bits per heavy atom. The predicted molar refractivity (Wildman–Crippen MR) is 41.4 cm³/mol. The Bertz CT molecular complexity index is 352. The largest absolute Gasteiger partial charge is 0.435 e. The molecule has 1 rings (SSSR count). The van der Waals surface area contributed by atoms with Crippen molar-refractivity contribution in [3.8, 4) is 0 Å². The molecule has 0 aliphatic carbocycles. The van der Waals surface area contributed by atoms with Crippen LogP contribution in [-0.4, -0.2) is 22.5 Å². The zero-order valence-electron chi connectivity index (χ0n) is 7.68. The summed E-state index contributed by atoms with van der Waals surface area (Å²) < 4.78 is 73.3. The highest BCUT2D eigenvalue weighted by molar-refractivity contribution is 5.04. The lowest BCUT2D eigenvalue weighted by Gasteiger charge is -2.18. The highest BCUT2D eigenvalue weighted by Gasteiger charge is 2.42. The van der Waals surface area contributed by atoms with Crippen LogP contribution in [0.25, 0.3) is 0 Å². The van der Waals surface area contributed by atoms with E-state index in [0.29, 0.717) is 12.3 Å². The molecule has 1 heterocycles. The van der Waals surface area contributed by atoms with Crippen molar-refractivity contribution in [3.63, 3.8) is 0 Å². The van der Waals surface area contributed by atoms with Crippen molar-refractivity contribution in [1.29, 1.82) is 0 Å². The van der Waals surface area contributed by atoms with Gasteiger partial charge in [-0.3, -0.25) is 4.68 Å². The second-order valence-corrected chi connectivity index (χ2v) is 2.97. The minimum Gasteiger partial charge on any atom is -0.328 e. The summed E-state index contributed by atoms with van der Waals surface area (Å²) in [6.07, 6.45) is -8.90. The molecule has 0 aliphatic heterocycles. The topological polar surface area (TPSA) is 43.8 Å². The van der Waals surface area contributed by atoms with Gasteiger partial charge < -0.3 is 5.73 Å². The average molecular weight is 247 g/mol. The van der Waals surface area contributed by atoms with Crippen LogP contribution in [-0.2, 0) is 6.18 Å². The molecule has 0 aromatic carbocycles. The summed E-state index contributed by atoms with van der Waals surface area (Å²) in [4.78, 5) is 0. The quantitative estimate of drug-likeness (QED) is 0.812. The van der Waals surface area contributed by atoms with E-state index in [-0.39, 0.29) is 4.68 Å². The molecule has 0 bridgehead atoms. The molecule has 0 spiro atoms. The van der Waals surface area contributed by atoms with Crippen LogP contribution < -0.4 is 5.73 Å². The van der Waals surface area contributed by atoms with Crippen molar-refractivity contribution in [2.75, 3.05) is 6.54 Å². The monoisotopic (exact) mass is 247 g/mol. The third-order valence-electron chi connectivity index (χ3n) is 1.82. The Morgan fingerprint density at radius 2 is 1.81 bits per heavy atom. The maximum atomic E-state index is 12.3. The molecule has 0 fully saturated rings. The maximum Gasteiger partial charge on any atom is 0.435 e. The average Bonchev–Trinajstić information content (AvgIpc) is 2.50. The van der Waals surface area contributed by atoms with Gasteiger partial charge in [0.15, 0.2) is 11.7 Å². The van der Waals surface area contributed by atoms with Crippen LogP contribution in [0.5, 0.6) is 0 Å². The van der Waals surface area contributed by atoms with Gasteiger partial charge >= 0.3 is 12.4 Å². The second-order valence-electron chi connectivity index (χ2n) is 2.97. The predicted octanol–water partition coefficient (Wildman–Crippen LogP) is 1.96. The third-order valence-corrected chi connectivity index (χ3v) is 1.82. The summed E-state index contributed by atoms with van der Waals surface area (Å²) in [7, 11) is 0. The van der Waals surface area contributed by atoms with Gasteiger partial charge in [0.25, 0.3) is 0 Å². The van der Waals surface area contributed by atoms with Crippen LogP contribution in [0.1, 0.15) is 11.7 Å². The first-order valence-corrected chi connectivity index (χ1v) is 4.05. The van der Waals surface area contributed by atoms with Gasteiger partial charge in [-0.2, -0.15) is 31.4 Å². The molecule has 16 heavy (non-hydrogen) atoms. The fraction of sp³-hybridized carbons (Fsp3) is 0.571. The van der Waals surface area contributed by atoms with E-state index in [9.17, 15) is 26.3 Å². The maximum absolute atomic E-state index is 12.3. The molecule has 1 atom stereocenters. The fourth-order valence-electron chi connectivity index (χ4n) is 1.05. The van der Waals surface area contributed by atoms with Crippen molar-refractivity contribution in [1.82, 2.24) is 9.78 Å². The Kier molecular flexibility index (Phi) is 3.17. The van der Waals surface area contributed by atoms with E-state index in [1.807, 2.05) is 0 Å². The number of hydrogen-bond acceptors (Lipinski definition) is 2. The number of halogens is 6. The second kappa shape index (κ2) is 3.96. The van der Waals surface area contributed by atoms with E-state index in [1.165, 1.54) is 0 Å². The Balaban J connectivity index is 3.01. The Morgan fingerprint density at radius 1 is 1.25 bits per heavy atom. The molecule has 0 saturated heterocycles. The third kappa shape index (κ3) is 2.65. The van der Waals surface area contributed by atoms with Crippen LogP contribution >= 0.6 is 0 Å². The fourth-order valence-corrected chi connectivity index (χ4v) is 1.05. The van der Waals surface area contributed by atoms with Gasteiger partial charge in [-0.05, 0) is 6.07 Å². The van der Waals surface area contributed by atoms with E-state index < -0.39 is 30.6 Å². The number of hydrogen-bond donors (Lipinski definition) is 1. The van der Waals surface area contributed by atoms with Gasteiger partial charge in [-0.1, -0.05) is 0 Å². The minimum absolute atomic E-state index is 0.169. The van der Waals surface area contributed by atoms with Crippen molar-refractivity contribution in [2.45, 2.75) is 18.4 Å². The Hall–Kier alpha value is -1.25. The van der Waals surface area contributed by atoms with Gasteiger partial charge in [0.2, 0.25) is 0 Å². The number of alkyl halides is 6. The lowest BCUT2D eigenvalue weighted by Crippen LogP contribution is -2.33. The summed E-state index contributed by atoms with van der Waals surface area (Å²) >= 11 is 0. The van der Waals surface area contributed by atoms with Gasteiger partial charge in [0, 0.05) is 12.7 Å². The van der Waals surface area contributed by atoms with Crippen molar-refractivity contribution >= 4 is 0 Å². The van der Waals surface area contributed by atoms with Crippen molar-refractivity contribution in [2.24, 2.45) is 5.73 Å². The van der Waals surface area contributed by atoms with Crippen LogP contribution in [0, 0.1) is 0 Å². The minimum atomic E-state index is -4.77. The van der Waals surface area contributed by atoms with Gasteiger partial charge in [0.1, 0.15) is 0 Å². The molecule has 92 valence electrons.